The predicted octanol–water partition coefficient (Wildman–Crippen LogP) is 5.61. The smallest absolute Gasteiger partial charge is 0.274 e. The van der Waals surface area contributed by atoms with Gasteiger partial charge in [0.15, 0.2) is 5.78 Å². The van der Waals surface area contributed by atoms with Crippen molar-refractivity contribution in [2.75, 3.05) is 0 Å². The summed E-state index contributed by atoms with van der Waals surface area (Å²) in [6, 6.07) is 28.3. The van der Waals surface area contributed by atoms with Crippen molar-refractivity contribution in [3.8, 4) is 11.5 Å². The van der Waals surface area contributed by atoms with Crippen molar-refractivity contribution in [2.24, 2.45) is 0 Å². The number of Topliss-reactive ketones (excluding diaryl/α,β-unsaturated/α-hetero) is 1. The van der Waals surface area contributed by atoms with Gasteiger partial charge in [0.1, 0.15) is 11.5 Å². The first kappa shape index (κ1) is 17.8. The van der Waals surface area contributed by atoms with Gasteiger partial charge in [0.05, 0.1) is 0 Å². The maximum absolute atomic E-state index is 12.7. The zero-order chi connectivity index (χ0) is 19.2. The molecule has 0 aliphatic heterocycles. The molecule has 0 saturated heterocycles. The molecule has 138 valence electrons. The lowest BCUT2D eigenvalue weighted by molar-refractivity contribution is -0.0689. The fraction of sp³-hybridized carbons (Fsp3) is 0.0800. The summed E-state index contributed by atoms with van der Waals surface area (Å²) in [4.78, 5) is 12.7. The molecule has 3 aromatic carbocycles. The van der Waals surface area contributed by atoms with E-state index in [1.54, 1.807) is 6.08 Å². The van der Waals surface area contributed by atoms with Gasteiger partial charge in [-0.1, -0.05) is 72.8 Å². The average Bonchev–Trinajstić information content (AvgIpc) is 2.76. The van der Waals surface area contributed by atoms with E-state index in [0.29, 0.717) is 29.1 Å². The van der Waals surface area contributed by atoms with Crippen LogP contribution < -0.4 is 9.47 Å². The molecule has 4 rings (SSSR count). The first-order valence-electron chi connectivity index (χ1n) is 9.21. The molecule has 3 aromatic rings. The van der Waals surface area contributed by atoms with E-state index in [0.717, 1.165) is 0 Å². The fourth-order valence-corrected chi connectivity index (χ4v) is 3.08. The quantitative estimate of drug-likeness (QED) is 0.419. The van der Waals surface area contributed by atoms with Crippen LogP contribution >= 0.6 is 0 Å². The van der Waals surface area contributed by atoms with Crippen molar-refractivity contribution in [1.29, 1.82) is 0 Å². The van der Waals surface area contributed by atoms with E-state index in [4.69, 9.17) is 9.47 Å². The largest absolute Gasteiger partial charge is 0.448 e. The zero-order valence-electron chi connectivity index (χ0n) is 15.3. The van der Waals surface area contributed by atoms with Crippen molar-refractivity contribution in [3.05, 3.63) is 120 Å². The molecule has 1 aliphatic carbocycles. The lowest BCUT2D eigenvalue weighted by Gasteiger charge is -2.33. The molecule has 0 aromatic heterocycles. The van der Waals surface area contributed by atoms with E-state index in [9.17, 15) is 4.79 Å². The van der Waals surface area contributed by atoms with Crippen molar-refractivity contribution >= 4 is 5.78 Å². The number of hydrogen-bond acceptors (Lipinski definition) is 3. The van der Waals surface area contributed by atoms with Crippen LogP contribution in [0.3, 0.4) is 0 Å². The van der Waals surface area contributed by atoms with Crippen molar-refractivity contribution < 1.29 is 14.3 Å². The van der Waals surface area contributed by atoms with Crippen LogP contribution in [0, 0.1) is 0 Å². The maximum Gasteiger partial charge on any atom is 0.274 e. The first-order chi connectivity index (χ1) is 13.7. The van der Waals surface area contributed by atoms with Crippen LogP contribution in [0.5, 0.6) is 11.5 Å². The number of para-hydroxylation sites is 2. The highest BCUT2D eigenvalue weighted by atomic mass is 16.7. The van der Waals surface area contributed by atoms with Crippen LogP contribution in [0.4, 0.5) is 0 Å². The van der Waals surface area contributed by atoms with Gasteiger partial charge >= 0.3 is 0 Å². The van der Waals surface area contributed by atoms with Gasteiger partial charge in [0, 0.05) is 23.6 Å². The summed E-state index contributed by atoms with van der Waals surface area (Å²) in [5, 5.41) is 0. The Morgan fingerprint density at radius 3 is 1.68 bits per heavy atom. The molecule has 0 unspecified atom stereocenters. The highest BCUT2D eigenvalue weighted by Gasteiger charge is 2.34. The third kappa shape index (κ3) is 4.04. The minimum atomic E-state index is -1.01. The number of allylic oxidation sites excluding steroid dienone is 2. The second kappa shape index (κ2) is 7.97. The Bertz CT molecular complexity index is 948. The molecule has 0 fully saturated rings. The average molecular weight is 368 g/mol. The Morgan fingerprint density at radius 2 is 1.21 bits per heavy atom. The standard InChI is InChI=1S/C25H20O3/c26-24(20-10-4-1-5-11-20)21-16-18-25(19-17-21,27-22-12-6-2-7-13-22)28-23-14-8-3-9-15-23/h1-18H,19H2. The minimum Gasteiger partial charge on any atom is -0.448 e. The second-order valence-corrected chi connectivity index (χ2v) is 6.53. The number of ether oxygens (including phenoxy) is 2. The Morgan fingerprint density at radius 1 is 0.714 bits per heavy atom. The third-order valence-corrected chi connectivity index (χ3v) is 4.49. The fourth-order valence-electron chi connectivity index (χ4n) is 3.08. The normalized spacial score (nSPS) is 14.8. The number of rotatable bonds is 6. The highest BCUT2D eigenvalue weighted by Crippen LogP contribution is 2.31. The van der Waals surface area contributed by atoms with E-state index >= 15 is 0 Å². The summed E-state index contributed by atoms with van der Waals surface area (Å²) >= 11 is 0. The van der Waals surface area contributed by atoms with Crippen LogP contribution in [-0.2, 0) is 0 Å². The molecule has 0 radical (unpaired) electrons. The van der Waals surface area contributed by atoms with E-state index < -0.39 is 5.79 Å². The van der Waals surface area contributed by atoms with Crippen LogP contribution in [0.2, 0.25) is 0 Å². The van der Waals surface area contributed by atoms with Crippen LogP contribution in [0.25, 0.3) is 0 Å². The Kier molecular flexibility index (Phi) is 5.07. The van der Waals surface area contributed by atoms with Gasteiger partial charge < -0.3 is 9.47 Å². The van der Waals surface area contributed by atoms with Gasteiger partial charge in [-0.3, -0.25) is 4.79 Å². The number of carbonyl (C=O) groups excluding carboxylic acids is 1. The van der Waals surface area contributed by atoms with Gasteiger partial charge in [-0.15, -0.1) is 0 Å². The molecular formula is C25H20O3. The van der Waals surface area contributed by atoms with Crippen LogP contribution in [0.1, 0.15) is 16.8 Å². The lowest BCUT2D eigenvalue weighted by Crippen LogP contribution is -2.41. The first-order valence-corrected chi connectivity index (χ1v) is 9.21. The Labute approximate surface area is 164 Å². The van der Waals surface area contributed by atoms with Crippen LogP contribution in [0.15, 0.2) is 115 Å². The van der Waals surface area contributed by atoms with Gasteiger partial charge in [-0.05, 0) is 30.3 Å². The molecule has 0 N–H and O–H groups in total. The van der Waals surface area contributed by atoms with Crippen molar-refractivity contribution in [2.45, 2.75) is 12.2 Å². The molecular weight excluding hydrogens is 348 g/mol. The number of benzene rings is 3. The monoisotopic (exact) mass is 368 g/mol. The molecule has 0 atom stereocenters. The SMILES string of the molecule is O=C(C1=CCC(Oc2ccccc2)(Oc2ccccc2)C=C1)c1ccccc1. The van der Waals surface area contributed by atoms with E-state index in [1.165, 1.54) is 0 Å². The Hall–Kier alpha value is -3.59. The summed E-state index contributed by atoms with van der Waals surface area (Å²) in [5.41, 5.74) is 1.30. The maximum atomic E-state index is 12.7. The summed E-state index contributed by atoms with van der Waals surface area (Å²) < 4.78 is 12.4. The van der Waals surface area contributed by atoms with Gasteiger partial charge in [-0.2, -0.15) is 0 Å². The summed E-state index contributed by atoms with van der Waals surface area (Å²) in [6.07, 6.45) is 5.90. The molecule has 3 heteroatoms. The topological polar surface area (TPSA) is 35.5 Å². The van der Waals surface area contributed by atoms with Gasteiger partial charge in [0.25, 0.3) is 5.79 Å². The summed E-state index contributed by atoms with van der Waals surface area (Å²) in [7, 11) is 0. The molecule has 1 aliphatic rings. The van der Waals surface area contributed by atoms with E-state index in [2.05, 4.69) is 0 Å². The minimum absolute atomic E-state index is 0.00938. The van der Waals surface area contributed by atoms with E-state index in [-0.39, 0.29) is 5.78 Å². The predicted molar refractivity (Wildman–Crippen MR) is 109 cm³/mol. The molecule has 28 heavy (non-hydrogen) atoms. The third-order valence-electron chi connectivity index (χ3n) is 4.49. The Balaban J connectivity index is 1.60. The molecule has 3 nitrogen and oxygen atoms in total. The number of ketones is 1. The zero-order valence-corrected chi connectivity index (χ0v) is 15.3. The van der Waals surface area contributed by atoms with E-state index in [1.807, 2.05) is 103 Å². The van der Waals surface area contributed by atoms with Gasteiger partial charge in [0.2, 0.25) is 0 Å². The molecule has 0 spiro atoms. The lowest BCUT2D eigenvalue weighted by atomic mass is 9.95. The highest BCUT2D eigenvalue weighted by molar-refractivity contribution is 6.10. The molecule has 0 saturated carbocycles. The number of hydrogen-bond donors (Lipinski definition) is 0. The van der Waals surface area contributed by atoms with Gasteiger partial charge in [-0.25, -0.2) is 0 Å². The molecule has 0 bridgehead atoms. The molecule has 0 heterocycles. The molecule has 0 amide bonds. The second-order valence-electron chi connectivity index (χ2n) is 6.53. The van der Waals surface area contributed by atoms with Crippen molar-refractivity contribution in [3.63, 3.8) is 0 Å². The van der Waals surface area contributed by atoms with Crippen LogP contribution in [-0.4, -0.2) is 11.6 Å². The van der Waals surface area contributed by atoms with Crippen molar-refractivity contribution in [1.82, 2.24) is 0 Å². The summed E-state index contributed by atoms with van der Waals surface area (Å²) in [5.74, 6) is 0.386. The number of carbonyl (C=O) groups is 1. The summed E-state index contributed by atoms with van der Waals surface area (Å²) in [6.45, 7) is 0.